The van der Waals surface area contributed by atoms with E-state index in [4.69, 9.17) is 9.47 Å². The minimum atomic E-state index is -0.321. The van der Waals surface area contributed by atoms with Crippen LogP contribution in [0.3, 0.4) is 0 Å². The number of para-hydroxylation sites is 1. The molecule has 4 rings (SSSR count). The van der Waals surface area contributed by atoms with Crippen LogP contribution in [-0.4, -0.2) is 34.2 Å². The van der Waals surface area contributed by atoms with Crippen molar-refractivity contribution >= 4 is 17.1 Å². The summed E-state index contributed by atoms with van der Waals surface area (Å²) in [5.41, 5.74) is 2.33. The third-order valence-electron chi connectivity index (χ3n) is 5.29. The van der Waals surface area contributed by atoms with Gasteiger partial charge in [-0.3, -0.25) is 9.36 Å². The number of carbonyl (C=O) groups excluding carboxylic acids is 1. The molecule has 0 spiro atoms. The van der Waals surface area contributed by atoms with Crippen molar-refractivity contribution in [3.8, 4) is 17.2 Å². The molecule has 2 aromatic heterocycles. The molecule has 1 N–H and O–H groups in total. The Bertz CT molecular complexity index is 1310. The minimum absolute atomic E-state index is 0.126. The van der Waals surface area contributed by atoms with Crippen molar-refractivity contribution < 1.29 is 14.3 Å². The Balaban J connectivity index is 1.61. The molecule has 1 amide bonds. The van der Waals surface area contributed by atoms with Crippen LogP contribution in [-0.2, 0) is 11.3 Å². The smallest absolute Gasteiger partial charge is 0.335 e. The van der Waals surface area contributed by atoms with Crippen LogP contribution in [0.5, 0.6) is 11.5 Å². The first kappa shape index (κ1) is 21.2. The molecule has 8 nitrogen and oxygen atoms in total. The number of nitrogens with zero attached hydrogens (tertiary/aromatic N) is 3. The lowest BCUT2D eigenvalue weighted by molar-refractivity contribution is -0.122. The van der Waals surface area contributed by atoms with Crippen molar-refractivity contribution in [3.63, 3.8) is 0 Å². The Labute approximate surface area is 185 Å². The SMILES string of the molecule is COc1ccc(C(C)NC(=O)Cn2c(=O)n(-c3ccccc3)c3ncccc32)cc1OC. The number of methoxy groups -OCH3 is 2. The second kappa shape index (κ2) is 8.97. The molecule has 2 heterocycles. The molecule has 0 aliphatic carbocycles. The van der Waals surface area contributed by atoms with Crippen molar-refractivity contribution in [3.05, 3.63) is 82.9 Å². The lowest BCUT2D eigenvalue weighted by atomic mass is 10.1. The van der Waals surface area contributed by atoms with Gasteiger partial charge in [-0.1, -0.05) is 24.3 Å². The summed E-state index contributed by atoms with van der Waals surface area (Å²) >= 11 is 0. The van der Waals surface area contributed by atoms with Gasteiger partial charge in [0, 0.05) is 6.20 Å². The molecule has 0 bridgehead atoms. The summed E-state index contributed by atoms with van der Waals surface area (Å²) in [6, 6.07) is 18.0. The molecular formula is C24H24N4O4. The van der Waals surface area contributed by atoms with E-state index in [1.807, 2.05) is 49.4 Å². The normalized spacial score (nSPS) is 11.8. The fraction of sp³-hybridized carbons (Fsp3) is 0.208. The van der Waals surface area contributed by atoms with E-state index >= 15 is 0 Å². The molecule has 0 fully saturated rings. The van der Waals surface area contributed by atoms with Crippen molar-refractivity contribution in [1.82, 2.24) is 19.4 Å². The van der Waals surface area contributed by atoms with E-state index in [1.165, 1.54) is 9.13 Å². The zero-order valence-corrected chi connectivity index (χ0v) is 18.1. The largest absolute Gasteiger partial charge is 0.493 e. The number of rotatable bonds is 7. The Morgan fingerprint density at radius 2 is 1.78 bits per heavy atom. The van der Waals surface area contributed by atoms with Gasteiger partial charge in [0.15, 0.2) is 17.1 Å². The molecule has 164 valence electrons. The maximum Gasteiger partial charge on any atom is 0.335 e. The van der Waals surface area contributed by atoms with E-state index in [-0.39, 0.29) is 24.2 Å². The van der Waals surface area contributed by atoms with Gasteiger partial charge in [-0.15, -0.1) is 0 Å². The third-order valence-corrected chi connectivity index (χ3v) is 5.29. The van der Waals surface area contributed by atoms with Crippen LogP contribution in [0.1, 0.15) is 18.5 Å². The molecule has 0 saturated carbocycles. The van der Waals surface area contributed by atoms with Crippen LogP contribution in [0.25, 0.3) is 16.9 Å². The maximum absolute atomic E-state index is 13.2. The predicted molar refractivity (Wildman–Crippen MR) is 121 cm³/mol. The van der Waals surface area contributed by atoms with E-state index < -0.39 is 0 Å². The van der Waals surface area contributed by atoms with Crippen molar-refractivity contribution in [2.24, 2.45) is 0 Å². The quantitative estimate of drug-likeness (QED) is 0.485. The molecular weight excluding hydrogens is 408 g/mol. The van der Waals surface area contributed by atoms with Crippen LogP contribution in [0, 0.1) is 0 Å². The van der Waals surface area contributed by atoms with Gasteiger partial charge in [0.2, 0.25) is 5.91 Å². The van der Waals surface area contributed by atoms with Crippen molar-refractivity contribution in [2.45, 2.75) is 19.5 Å². The zero-order chi connectivity index (χ0) is 22.7. The Morgan fingerprint density at radius 3 is 2.50 bits per heavy atom. The Kier molecular flexibility index (Phi) is 5.93. The maximum atomic E-state index is 13.2. The summed E-state index contributed by atoms with van der Waals surface area (Å²) in [6.45, 7) is 1.75. The summed E-state index contributed by atoms with van der Waals surface area (Å²) in [4.78, 5) is 30.4. The van der Waals surface area contributed by atoms with Gasteiger partial charge in [-0.05, 0) is 48.9 Å². The number of hydrogen-bond donors (Lipinski definition) is 1. The van der Waals surface area contributed by atoms with Gasteiger partial charge in [0.05, 0.1) is 31.5 Å². The van der Waals surface area contributed by atoms with Crippen molar-refractivity contribution in [1.29, 1.82) is 0 Å². The number of ether oxygens (including phenoxy) is 2. The summed E-state index contributed by atoms with van der Waals surface area (Å²) < 4.78 is 13.6. The van der Waals surface area contributed by atoms with Gasteiger partial charge < -0.3 is 14.8 Å². The average Bonchev–Trinajstić information content (AvgIpc) is 3.10. The molecule has 0 aliphatic heterocycles. The second-order valence-corrected chi connectivity index (χ2v) is 7.29. The van der Waals surface area contributed by atoms with Crippen LogP contribution < -0.4 is 20.5 Å². The molecule has 0 radical (unpaired) electrons. The van der Waals surface area contributed by atoms with E-state index in [0.717, 1.165) is 5.56 Å². The van der Waals surface area contributed by atoms with Crippen LogP contribution in [0.2, 0.25) is 0 Å². The van der Waals surface area contributed by atoms with Gasteiger partial charge in [0.25, 0.3) is 0 Å². The first-order valence-corrected chi connectivity index (χ1v) is 10.2. The molecule has 2 aromatic carbocycles. The first-order chi connectivity index (χ1) is 15.5. The standard InChI is InChI=1S/C24H24N4O4/c1-16(17-11-12-20(31-2)21(14-17)32-3)26-22(29)15-27-19-10-7-13-25-23(19)28(24(27)30)18-8-5-4-6-9-18/h4-14,16H,15H2,1-3H3,(H,26,29). The highest BCUT2D eigenvalue weighted by atomic mass is 16.5. The molecule has 0 aliphatic rings. The van der Waals surface area contributed by atoms with Gasteiger partial charge >= 0.3 is 5.69 Å². The van der Waals surface area contributed by atoms with Gasteiger partial charge in [0.1, 0.15) is 6.54 Å². The number of carbonyl (C=O) groups is 1. The lowest BCUT2D eigenvalue weighted by Gasteiger charge is -2.16. The Hall–Kier alpha value is -4.07. The number of aromatic nitrogens is 3. The highest BCUT2D eigenvalue weighted by molar-refractivity contribution is 5.80. The summed E-state index contributed by atoms with van der Waals surface area (Å²) in [6.07, 6.45) is 1.63. The molecule has 0 saturated heterocycles. The fourth-order valence-electron chi connectivity index (χ4n) is 3.68. The van der Waals surface area contributed by atoms with Crippen LogP contribution >= 0.6 is 0 Å². The first-order valence-electron chi connectivity index (χ1n) is 10.2. The average molecular weight is 432 g/mol. The number of benzene rings is 2. The third kappa shape index (κ3) is 3.94. The fourth-order valence-corrected chi connectivity index (χ4v) is 3.68. The number of nitrogens with one attached hydrogen (secondary N) is 1. The number of imidazole rings is 1. The summed E-state index contributed by atoms with van der Waals surface area (Å²) in [5.74, 6) is 0.909. The molecule has 8 heteroatoms. The van der Waals surface area contributed by atoms with Gasteiger partial charge in [-0.25, -0.2) is 14.3 Å². The second-order valence-electron chi connectivity index (χ2n) is 7.29. The van der Waals surface area contributed by atoms with E-state index in [2.05, 4.69) is 10.3 Å². The van der Waals surface area contributed by atoms with Crippen LogP contribution in [0.4, 0.5) is 0 Å². The van der Waals surface area contributed by atoms with Gasteiger partial charge in [-0.2, -0.15) is 0 Å². The van der Waals surface area contributed by atoms with E-state index in [9.17, 15) is 9.59 Å². The molecule has 1 unspecified atom stereocenters. The number of amides is 1. The zero-order valence-electron chi connectivity index (χ0n) is 18.1. The number of pyridine rings is 1. The number of fused-ring (bicyclic) bond motifs is 1. The predicted octanol–water partition coefficient (Wildman–Crippen LogP) is 3.08. The summed E-state index contributed by atoms with van der Waals surface area (Å²) in [7, 11) is 3.13. The monoisotopic (exact) mass is 432 g/mol. The van der Waals surface area contributed by atoms with Crippen molar-refractivity contribution in [2.75, 3.05) is 14.2 Å². The molecule has 4 aromatic rings. The topological polar surface area (TPSA) is 87.4 Å². The number of hydrogen-bond acceptors (Lipinski definition) is 5. The lowest BCUT2D eigenvalue weighted by Crippen LogP contribution is -2.34. The Morgan fingerprint density at radius 1 is 1.03 bits per heavy atom. The molecule has 32 heavy (non-hydrogen) atoms. The minimum Gasteiger partial charge on any atom is -0.493 e. The van der Waals surface area contributed by atoms with E-state index in [1.54, 1.807) is 38.6 Å². The van der Waals surface area contributed by atoms with Crippen LogP contribution in [0.15, 0.2) is 71.7 Å². The highest BCUT2D eigenvalue weighted by Gasteiger charge is 2.19. The summed E-state index contributed by atoms with van der Waals surface area (Å²) in [5, 5.41) is 2.95. The highest BCUT2D eigenvalue weighted by Crippen LogP contribution is 2.29. The molecule has 1 atom stereocenters. The van der Waals surface area contributed by atoms with E-state index in [0.29, 0.717) is 28.4 Å².